The Morgan fingerprint density at radius 3 is 2.52 bits per heavy atom. The van der Waals surface area contributed by atoms with Crippen LogP contribution < -0.4 is 5.32 Å². The normalized spacial score (nSPS) is 10.6. The fourth-order valence-corrected chi connectivity index (χ4v) is 2.27. The lowest BCUT2D eigenvalue weighted by atomic mass is 10.0. The fourth-order valence-electron chi connectivity index (χ4n) is 2.27. The quantitative estimate of drug-likeness (QED) is 0.845. The van der Waals surface area contributed by atoms with Gasteiger partial charge in [-0.3, -0.25) is 9.78 Å². The van der Waals surface area contributed by atoms with Crippen molar-refractivity contribution in [1.29, 1.82) is 0 Å². The van der Waals surface area contributed by atoms with Crippen LogP contribution in [0.25, 0.3) is 11.3 Å². The van der Waals surface area contributed by atoms with E-state index >= 15 is 0 Å². The number of benzene rings is 1. The number of amides is 1. The number of pyridine rings is 1. The maximum Gasteiger partial charge on any atom is 0.337 e. The van der Waals surface area contributed by atoms with E-state index in [1.165, 1.54) is 19.4 Å². The van der Waals surface area contributed by atoms with Crippen LogP contribution in [0.2, 0.25) is 0 Å². The predicted octanol–water partition coefficient (Wildman–Crippen LogP) is 3.37. The lowest BCUT2D eigenvalue weighted by Gasteiger charge is -2.10. The van der Waals surface area contributed by atoms with E-state index in [0.717, 1.165) is 6.07 Å². The van der Waals surface area contributed by atoms with Crippen molar-refractivity contribution in [2.45, 2.75) is 20.8 Å². The molecular weight excluding hydrogens is 323 g/mol. The zero-order valence-electron chi connectivity index (χ0n) is 14.7. The number of ether oxygens (including phenoxy) is 1. The first kappa shape index (κ1) is 18.6. The Bertz CT molecular complexity index is 786. The van der Waals surface area contributed by atoms with E-state index in [4.69, 9.17) is 0 Å². The molecule has 0 spiro atoms. The monoisotopic (exact) mass is 344 g/mol. The number of carbonyl (C=O) groups is 2. The van der Waals surface area contributed by atoms with Gasteiger partial charge < -0.3 is 10.1 Å². The Kier molecular flexibility index (Phi) is 5.85. The standard InChI is InChI=1S/C19H21FN2O3/c1-11(2)9-22-18(23)13-5-6-17(21-10-13)15-7-14(19(24)25-4)8-16(20)12(15)3/h5-8,10-11H,9H2,1-4H3,(H,22,23). The molecule has 0 aliphatic rings. The maximum absolute atomic E-state index is 14.1. The Morgan fingerprint density at radius 1 is 1.24 bits per heavy atom. The van der Waals surface area contributed by atoms with E-state index in [1.54, 1.807) is 19.1 Å². The highest BCUT2D eigenvalue weighted by molar-refractivity contribution is 5.94. The molecule has 1 N–H and O–H groups in total. The highest BCUT2D eigenvalue weighted by atomic mass is 19.1. The van der Waals surface area contributed by atoms with Gasteiger partial charge in [0.2, 0.25) is 0 Å². The molecule has 0 fully saturated rings. The zero-order chi connectivity index (χ0) is 18.6. The molecule has 0 atom stereocenters. The molecule has 1 heterocycles. The summed E-state index contributed by atoms with van der Waals surface area (Å²) >= 11 is 0. The van der Waals surface area contributed by atoms with Gasteiger partial charge in [-0.1, -0.05) is 13.8 Å². The molecule has 6 heteroatoms. The van der Waals surface area contributed by atoms with Crippen LogP contribution in [0.4, 0.5) is 4.39 Å². The van der Waals surface area contributed by atoms with Crippen LogP contribution in [0, 0.1) is 18.7 Å². The van der Waals surface area contributed by atoms with Crippen LogP contribution in [-0.4, -0.2) is 30.5 Å². The first-order valence-electron chi connectivity index (χ1n) is 7.96. The van der Waals surface area contributed by atoms with E-state index in [2.05, 4.69) is 15.0 Å². The number of methoxy groups -OCH3 is 1. The van der Waals surface area contributed by atoms with E-state index in [1.807, 2.05) is 13.8 Å². The number of rotatable bonds is 5. The number of nitrogens with zero attached hydrogens (tertiary/aromatic N) is 1. The summed E-state index contributed by atoms with van der Waals surface area (Å²) in [5.74, 6) is -0.995. The van der Waals surface area contributed by atoms with Crippen molar-refractivity contribution in [3.63, 3.8) is 0 Å². The summed E-state index contributed by atoms with van der Waals surface area (Å²) in [5.41, 5.74) is 1.86. The summed E-state index contributed by atoms with van der Waals surface area (Å²) in [6.07, 6.45) is 1.44. The molecule has 2 aromatic rings. The number of hydrogen-bond donors (Lipinski definition) is 1. The third kappa shape index (κ3) is 4.41. The van der Waals surface area contributed by atoms with Crippen molar-refractivity contribution < 1.29 is 18.7 Å². The number of aromatic nitrogens is 1. The average Bonchev–Trinajstić information content (AvgIpc) is 2.61. The van der Waals surface area contributed by atoms with Crippen LogP contribution in [0.5, 0.6) is 0 Å². The van der Waals surface area contributed by atoms with Gasteiger partial charge in [-0.25, -0.2) is 9.18 Å². The van der Waals surface area contributed by atoms with Crippen LogP contribution >= 0.6 is 0 Å². The van der Waals surface area contributed by atoms with Crippen LogP contribution in [0.1, 0.15) is 40.1 Å². The van der Waals surface area contributed by atoms with E-state index in [-0.39, 0.29) is 11.5 Å². The molecular formula is C19H21FN2O3. The number of esters is 1. The number of halogens is 1. The third-order valence-electron chi connectivity index (χ3n) is 3.74. The minimum absolute atomic E-state index is 0.112. The summed E-state index contributed by atoms with van der Waals surface area (Å²) in [7, 11) is 1.24. The number of carbonyl (C=O) groups excluding carboxylic acids is 2. The molecule has 1 aromatic carbocycles. The fraction of sp³-hybridized carbons (Fsp3) is 0.316. The van der Waals surface area contributed by atoms with E-state index in [0.29, 0.717) is 34.8 Å². The zero-order valence-corrected chi connectivity index (χ0v) is 14.7. The van der Waals surface area contributed by atoms with Crippen molar-refractivity contribution >= 4 is 11.9 Å². The maximum atomic E-state index is 14.1. The average molecular weight is 344 g/mol. The Balaban J connectivity index is 2.32. The Hall–Kier alpha value is -2.76. The minimum atomic E-state index is -0.621. The molecule has 0 unspecified atom stereocenters. The van der Waals surface area contributed by atoms with Gasteiger partial charge in [0.25, 0.3) is 5.91 Å². The summed E-state index contributed by atoms with van der Waals surface area (Å²) in [4.78, 5) is 27.9. The van der Waals surface area contributed by atoms with Gasteiger partial charge in [-0.15, -0.1) is 0 Å². The molecule has 0 saturated carbocycles. The van der Waals surface area contributed by atoms with Crippen molar-refractivity contribution in [3.8, 4) is 11.3 Å². The second-order valence-electron chi connectivity index (χ2n) is 6.16. The van der Waals surface area contributed by atoms with Gasteiger partial charge in [0.05, 0.1) is 23.9 Å². The number of hydrogen-bond acceptors (Lipinski definition) is 4. The van der Waals surface area contributed by atoms with Gasteiger partial charge in [-0.05, 0) is 42.7 Å². The van der Waals surface area contributed by atoms with Crippen molar-refractivity contribution in [2.24, 2.45) is 5.92 Å². The molecule has 1 aromatic heterocycles. The smallest absolute Gasteiger partial charge is 0.337 e. The van der Waals surface area contributed by atoms with Gasteiger partial charge in [0.15, 0.2) is 0 Å². The van der Waals surface area contributed by atoms with E-state index in [9.17, 15) is 14.0 Å². The van der Waals surface area contributed by atoms with Gasteiger partial charge in [0, 0.05) is 18.3 Å². The molecule has 1 amide bonds. The van der Waals surface area contributed by atoms with Gasteiger partial charge in [-0.2, -0.15) is 0 Å². The molecule has 5 nitrogen and oxygen atoms in total. The van der Waals surface area contributed by atoms with Crippen molar-refractivity contribution in [3.05, 3.63) is 53.0 Å². The molecule has 0 bridgehead atoms. The first-order valence-corrected chi connectivity index (χ1v) is 7.96. The van der Waals surface area contributed by atoms with Crippen LogP contribution in [0.3, 0.4) is 0 Å². The topological polar surface area (TPSA) is 68.3 Å². The highest BCUT2D eigenvalue weighted by Gasteiger charge is 2.15. The van der Waals surface area contributed by atoms with Crippen LogP contribution in [-0.2, 0) is 4.74 Å². The summed E-state index contributed by atoms with van der Waals surface area (Å²) in [5, 5.41) is 2.81. The first-order chi connectivity index (χ1) is 11.8. The highest BCUT2D eigenvalue weighted by Crippen LogP contribution is 2.26. The summed E-state index contributed by atoms with van der Waals surface area (Å²) < 4.78 is 18.7. The minimum Gasteiger partial charge on any atom is -0.465 e. The molecule has 0 saturated heterocycles. The van der Waals surface area contributed by atoms with E-state index < -0.39 is 11.8 Å². The molecule has 0 radical (unpaired) electrons. The predicted molar refractivity (Wildman–Crippen MR) is 92.9 cm³/mol. The summed E-state index contributed by atoms with van der Waals surface area (Å²) in [6.45, 7) is 6.20. The SMILES string of the molecule is COC(=O)c1cc(F)c(C)c(-c2ccc(C(=O)NCC(C)C)cn2)c1. The lowest BCUT2D eigenvalue weighted by Crippen LogP contribution is -2.27. The summed E-state index contributed by atoms with van der Waals surface area (Å²) in [6, 6.07) is 5.93. The molecule has 0 aliphatic heterocycles. The second kappa shape index (κ2) is 7.88. The van der Waals surface area contributed by atoms with Crippen molar-refractivity contribution in [2.75, 3.05) is 13.7 Å². The van der Waals surface area contributed by atoms with Crippen LogP contribution in [0.15, 0.2) is 30.5 Å². The Labute approximate surface area is 146 Å². The molecule has 0 aliphatic carbocycles. The largest absolute Gasteiger partial charge is 0.465 e. The second-order valence-corrected chi connectivity index (χ2v) is 6.16. The molecule has 2 rings (SSSR count). The molecule has 25 heavy (non-hydrogen) atoms. The van der Waals surface area contributed by atoms with Crippen molar-refractivity contribution in [1.82, 2.24) is 10.3 Å². The lowest BCUT2D eigenvalue weighted by molar-refractivity contribution is 0.0600. The van der Waals surface area contributed by atoms with Gasteiger partial charge >= 0.3 is 5.97 Å². The third-order valence-corrected chi connectivity index (χ3v) is 3.74. The van der Waals surface area contributed by atoms with Gasteiger partial charge in [0.1, 0.15) is 5.82 Å². The number of nitrogens with one attached hydrogen (secondary N) is 1. The Morgan fingerprint density at radius 2 is 1.96 bits per heavy atom. The molecule has 132 valence electrons.